The summed E-state index contributed by atoms with van der Waals surface area (Å²) < 4.78 is 0. The fraction of sp³-hybridized carbons (Fsp3) is 0.200. The van der Waals surface area contributed by atoms with E-state index in [-0.39, 0.29) is 0 Å². The largest absolute Gasteiger partial charge is 0.398 e. The predicted octanol–water partition coefficient (Wildman–Crippen LogP) is 3.67. The first-order valence-electron chi connectivity index (χ1n) is 6.10. The van der Waals surface area contributed by atoms with Gasteiger partial charge in [0.05, 0.1) is 11.4 Å². The van der Waals surface area contributed by atoms with Gasteiger partial charge in [-0.1, -0.05) is 0 Å². The molecule has 0 aliphatic heterocycles. The van der Waals surface area contributed by atoms with Crippen molar-refractivity contribution in [1.82, 2.24) is 9.97 Å². The number of benzene rings is 1. The Morgan fingerprint density at radius 1 is 0.833 bits per heavy atom. The summed E-state index contributed by atoms with van der Waals surface area (Å²) in [5.41, 5.74) is 13.7. The molecule has 92 valence electrons. The SMILES string of the molecule is Cc1cc2cc(-c3cc(C)c(C)[nH]3)[nH]c2cc1N. The average molecular weight is 239 g/mol. The molecule has 3 aromatic rings. The van der Waals surface area contributed by atoms with Gasteiger partial charge in [0.15, 0.2) is 0 Å². The molecule has 0 unspecified atom stereocenters. The van der Waals surface area contributed by atoms with Crippen molar-refractivity contribution < 1.29 is 0 Å². The van der Waals surface area contributed by atoms with Gasteiger partial charge in [-0.2, -0.15) is 0 Å². The lowest BCUT2D eigenvalue weighted by Gasteiger charge is -1.98. The van der Waals surface area contributed by atoms with E-state index in [1.165, 1.54) is 16.6 Å². The number of nitrogens with two attached hydrogens (primary N) is 1. The number of hydrogen-bond acceptors (Lipinski definition) is 1. The van der Waals surface area contributed by atoms with E-state index >= 15 is 0 Å². The number of hydrogen-bond donors (Lipinski definition) is 3. The van der Waals surface area contributed by atoms with Crippen molar-refractivity contribution in [3.8, 4) is 11.4 Å². The van der Waals surface area contributed by atoms with E-state index in [0.29, 0.717) is 0 Å². The van der Waals surface area contributed by atoms with Gasteiger partial charge in [0, 0.05) is 22.3 Å². The Bertz CT molecular complexity index is 673. The van der Waals surface area contributed by atoms with Crippen molar-refractivity contribution in [2.24, 2.45) is 0 Å². The van der Waals surface area contributed by atoms with Crippen LogP contribution < -0.4 is 5.73 Å². The van der Waals surface area contributed by atoms with Crippen molar-refractivity contribution in [3.63, 3.8) is 0 Å². The van der Waals surface area contributed by atoms with Crippen LogP contribution in [0.5, 0.6) is 0 Å². The minimum absolute atomic E-state index is 0.828. The molecule has 4 N–H and O–H groups in total. The van der Waals surface area contributed by atoms with Gasteiger partial charge in [-0.3, -0.25) is 0 Å². The topological polar surface area (TPSA) is 57.6 Å². The van der Waals surface area contributed by atoms with Crippen molar-refractivity contribution in [1.29, 1.82) is 0 Å². The first-order chi connectivity index (χ1) is 8.54. The summed E-state index contributed by atoms with van der Waals surface area (Å²) in [4.78, 5) is 6.80. The van der Waals surface area contributed by atoms with E-state index in [2.05, 4.69) is 42.0 Å². The molecular formula is C15H17N3. The number of aromatic amines is 2. The van der Waals surface area contributed by atoms with Crippen LogP contribution in [0, 0.1) is 20.8 Å². The van der Waals surface area contributed by atoms with Crippen LogP contribution >= 0.6 is 0 Å². The summed E-state index contributed by atoms with van der Waals surface area (Å²) in [5, 5.41) is 1.20. The maximum absolute atomic E-state index is 5.93. The molecule has 0 aliphatic carbocycles. The molecule has 0 atom stereocenters. The summed E-state index contributed by atoms with van der Waals surface area (Å²) in [7, 11) is 0. The molecule has 1 aromatic carbocycles. The van der Waals surface area contributed by atoms with Gasteiger partial charge in [-0.05, 0) is 56.2 Å². The summed E-state index contributed by atoms with van der Waals surface area (Å²) in [5.74, 6) is 0. The number of aryl methyl sites for hydroxylation is 3. The minimum Gasteiger partial charge on any atom is -0.398 e. The summed E-state index contributed by atoms with van der Waals surface area (Å²) in [6.45, 7) is 6.23. The Labute approximate surface area is 106 Å². The molecule has 0 radical (unpaired) electrons. The van der Waals surface area contributed by atoms with Crippen LogP contribution in [0.1, 0.15) is 16.8 Å². The lowest BCUT2D eigenvalue weighted by molar-refractivity contribution is 1.22. The highest BCUT2D eigenvalue weighted by atomic mass is 14.8. The van der Waals surface area contributed by atoms with Crippen molar-refractivity contribution in [2.75, 3.05) is 5.73 Å². The molecule has 3 heteroatoms. The molecule has 0 saturated carbocycles. The highest BCUT2D eigenvalue weighted by Gasteiger charge is 2.08. The predicted molar refractivity (Wildman–Crippen MR) is 76.7 cm³/mol. The van der Waals surface area contributed by atoms with Gasteiger partial charge in [-0.25, -0.2) is 0 Å². The molecule has 0 aliphatic rings. The van der Waals surface area contributed by atoms with Crippen molar-refractivity contribution >= 4 is 16.6 Å². The highest BCUT2D eigenvalue weighted by Crippen LogP contribution is 2.27. The Kier molecular flexibility index (Phi) is 2.23. The maximum Gasteiger partial charge on any atom is 0.0630 e. The number of anilines is 1. The molecule has 0 bridgehead atoms. The normalized spacial score (nSPS) is 11.3. The number of rotatable bonds is 1. The maximum atomic E-state index is 5.93. The molecule has 3 nitrogen and oxygen atoms in total. The average Bonchev–Trinajstić information content (AvgIpc) is 2.84. The van der Waals surface area contributed by atoms with Crippen LogP contribution in [-0.2, 0) is 0 Å². The molecule has 0 saturated heterocycles. The van der Waals surface area contributed by atoms with Gasteiger partial charge in [0.2, 0.25) is 0 Å². The second kappa shape index (κ2) is 3.67. The Morgan fingerprint density at radius 3 is 2.22 bits per heavy atom. The zero-order valence-electron chi connectivity index (χ0n) is 10.9. The summed E-state index contributed by atoms with van der Waals surface area (Å²) >= 11 is 0. The first kappa shape index (κ1) is 11.0. The fourth-order valence-corrected chi connectivity index (χ4v) is 2.26. The monoisotopic (exact) mass is 239 g/mol. The van der Waals surface area contributed by atoms with E-state index in [9.17, 15) is 0 Å². The van der Waals surface area contributed by atoms with Crippen LogP contribution in [0.4, 0.5) is 5.69 Å². The zero-order valence-corrected chi connectivity index (χ0v) is 10.9. The van der Waals surface area contributed by atoms with Crippen molar-refractivity contribution in [3.05, 3.63) is 41.1 Å². The molecule has 3 rings (SSSR count). The van der Waals surface area contributed by atoms with Crippen LogP contribution in [0.15, 0.2) is 24.3 Å². The quantitative estimate of drug-likeness (QED) is 0.557. The highest BCUT2D eigenvalue weighted by molar-refractivity contribution is 5.88. The standard InChI is InChI=1S/C15H17N3/c1-8-5-14(17-10(8)3)15-6-11-4-9(2)12(16)7-13(11)18-15/h4-7,17-18H,16H2,1-3H3. The van der Waals surface area contributed by atoms with Crippen LogP contribution in [0.3, 0.4) is 0 Å². The third-order valence-corrected chi connectivity index (χ3v) is 3.57. The van der Waals surface area contributed by atoms with Crippen molar-refractivity contribution in [2.45, 2.75) is 20.8 Å². The van der Waals surface area contributed by atoms with Gasteiger partial charge < -0.3 is 15.7 Å². The fourth-order valence-electron chi connectivity index (χ4n) is 2.26. The van der Waals surface area contributed by atoms with Gasteiger partial charge in [-0.15, -0.1) is 0 Å². The summed E-state index contributed by atoms with van der Waals surface area (Å²) in [6, 6.07) is 8.44. The lowest BCUT2D eigenvalue weighted by Crippen LogP contribution is -1.88. The third-order valence-electron chi connectivity index (χ3n) is 3.57. The van der Waals surface area contributed by atoms with Crippen LogP contribution in [0.2, 0.25) is 0 Å². The molecule has 18 heavy (non-hydrogen) atoms. The van der Waals surface area contributed by atoms with E-state index in [4.69, 9.17) is 5.73 Å². The van der Waals surface area contributed by atoms with Crippen LogP contribution in [0.25, 0.3) is 22.3 Å². The van der Waals surface area contributed by atoms with E-state index in [0.717, 1.165) is 28.2 Å². The molecule has 2 aromatic heterocycles. The van der Waals surface area contributed by atoms with Gasteiger partial charge in [0.1, 0.15) is 0 Å². The van der Waals surface area contributed by atoms with E-state index < -0.39 is 0 Å². The van der Waals surface area contributed by atoms with Crippen LogP contribution in [-0.4, -0.2) is 9.97 Å². The molecule has 0 amide bonds. The number of nitrogen functional groups attached to an aromatic ring is 1. The Hall–Kier alpha value is -2.16. The summed E-state index contributed by atoms with van der Waals surface area (Å²) in [6.07, 6.45) is 0. The number of H-pyrrole nitrogens is 2. The third kappa shape index (κ3) is 1.59. The molecular weight excluding hydrogens is 222 g/mol. The van der Waals surface area contributed by atoms with Gasteiger partial charge >= 0.3 is 0 Å². The second-order valence-corrected chi connectivity index (χ2v) is 4.97. The van der Waals surface area contributed by atoms with Gasteiger partial charge in [0.25, 0.3) is 0 Å². The zero-order chi connectivity index (χ0) is 12.9. The second-order valence-electron chi connectivity index (χ2n) is 4.97. The number of aromatic nitrogens is 2. The molecule has 0 spiro atoms. The molecule has 2 heterocycles. The number of fused-ring (bicyclic) bond motifs is 1. The van der Waals surface area contributed by atoms with E-state index in [1.54, 1.807) is 0 Å². The smallest absolute Gasteiger partial charge is 0.0630 e. The number of nitrogens with one attached hydrogen (secondary N) is 2. The Morgan fingerprint density at radius 2 is 1.56 bits per heavy atom. The Balaban J connectivity index is 2.19. The molecule has 0 fully saturated rings. The lowest BCUT2D eigenvalue weighted by atomic mass is 10.1. The first-order valence-corrected chi connectivity index (χ1v) is 6.10. The minimum atomic E-state index is 0.828. The van der Waals surface area contributed by atoms with E-state index in [1.807, 2.05) is 13.0 Å².